The molecule has 2 aromatic rings. The van der Waals surface area contributed by atoms with Gasteiger partial charge in [0.05, 0.1) is 40.6 Å². The fourth-order valence-corrected chi connectivity index (χ4v) is 7.08. The van der Waals surface area contributed by atoms with Crippen molar-refractivity contribution in [3.05, 3.63) is 63.1 Å². The van der Waals surface area contributed by atoms with Crippen molar-refractivity contribution in [2.75, 3.05) is 26.0 Å². The first-order chi connectivity index (χ1) is 20.2. The highest BCUT2D eigenvalue weighted by Gasteiger charge is 2.31. The van der Waals surface area contributed by atoms with Gasteiger partial charge < -0.3 is 18.9 Å². The van der Waals surface area contributed by atoms with E-state index in [1.54, 1.807) is 31.2 Å². The lowest BCUT2D eigenvalue weighted by molar-refractivity contribution is -0.0831. The number of nitrogens with one attached hydrogen (secondary N) is 1. The Hall–Kier alpha value is -1.96. The lowest BCUT2D eigenvalue weighted by Gasteiger charge is -2.35. The van der Waals surface area contributed by atoms with Crippen molar-refractivity contribution in [3.8, 4) is 11.8 Å². The van der Waals surface area contributed by atoms with Gasteiger partial charge in [0.25, 0.3) is 16.0 Å². The predicted molar refractivity (Wildman–Crippen MR) is 176 cm³/mol. The molecule has 2 rings (SSSR count). The van der Waals surface area contributed by atoms with Gasteiger partial charge in [-0.1, -0.05) is 69.2 Å². The maximum Gasteiger partial charge on any atom is 0.264 e. The van der Waals surface area contributed by atoms with Gasteiger partial charge in [-0.05, 0) is 42.7 Å². The van der Waals surface area contributed by atoms with E-state index in [9.17, 15) is 18.5 Å². The maximum absolute atomic E-state index is 13.5. The van der Waals surface area contributed by atoms with Gasteiger partial charge in [0.15, 0.2) is 19.5 Å². The number of hydrogen-bond donors (Lipinski definition) is 1. The number of hydrogen-bond acceptors (Lipinski definition) is 8. The summed E-state index contributed by atoms with van der Waals surface area (Å²) < 4.78 is 45.5. The second-order valence-electron chi connectivity index (χ2n) is 11.0. The number of ether oxygens (including phenoxy) is 1. The monoisotopic (exact) mass is 688 g/mol. The normalized spacial score (nSPS) is 14.6. The molecule has 0 unspecified atom stereocenters. The zero-order chi connectivity index (χ0) is 32.2. The van der Waals surface area contributed by atoms with Crippen molar-refractivity contribution >= 4 is 58.8 Å². The Morgan fingerprint density at radius 3 is 2.35 bits per heavy atom. The molecule has 2 aromatic carbocycles. The summed E-state index contributed by atoms with van der Waals surface area (Å²) in [7, 11) is -4.94. The van der Waals surface area contributed by atoms with Crippen LogP contribution in [-0.2, 0) is 23.2 Å². The lowest BCUT2D eigenvalue weighted by atomic mass is 9.82. The molecule has 0 aliphatic heterocycles. The molecule has 0 radical (unpaired) electrons. The molecule has 0 heterocycles. The number of amides is 1. The van der Waals surface area contributed by atoms with Crippen LogP contribution in [0.5, 0.6) is 5.75 Å². The molecule has 0 saturated heterocycles. The Labute approximate surface area is 270 Å². The van der Waals surface area contributed by atoms with Gasteiger partial charge in [0.1, 0.15) is 18.1 Å². The first-order valence-electron chi connectivity index (χ1n) is 14.2. The summed E-state index contributed by atoms with van der Waals surface area (Å²) in [5.41, 5.74) is 1.08. The summed E-state index contributed by atoms with van der Waals surface area (Å²) in [6, 6.07) is 12.3. The van der Waals surface area contributed by atoms with Crippen LogP contribution in [0, 0.1) is 22.7 Å². The molecular formula is C29H42Cl2N2O7SSi2. The zero-order valence-corrected chi connectivity index (χ0v) is 30.8. The van der Waals surface area contributed by atoms with E-state index in [1.165, 1.54) is 0 Å². The molecule has 43 heavy (non-hydrogen) atoms. The fourth-order valence-electron chi connectivity index (χ4n) is 4.40. The minimum absolute atomic E-state index is 0.0437. The number of carbonyl (C=O) groups is 1. The lowest BCUT2D eigenvalue weighted by Crippen LogP contribution is -2.37. The van der Waals surface area contributed by atoms with Gasteiger partial charge >= 0.3 is 0 Å². The molecule has 14 heteroatoms. The van der Waals surface area contributed by atoms with E-state index in [1.807, 2.05) is 12.1 Å². The first-order valence-corrected chi connectivity index (χ1v) is 20.7. The van der Waals surface area contributed by atoms with Crippen LogP contribution in [-0.4, -0.2) is 66.2 Å². The van der Waals surface area contributed by atoms with Crippen molar-refractivity contribution in [2.45, 2.75) is 58.9 Å². The highest BCUT2D eigenvalue weighted by molar-refractivity contribution is 7.85. The Balaban J connectivity index is 2.25. The van der Waals surface area contributed by atoms with Gasteiger partial charge in [-0.25, -0.2) is 0 Å². The SMILES string of the molecule is C[SiH2]OC(O[SiH2]C)C(C)(C)CC[C@H](CNC(=O)c1cccc(C#N)c1OC[C@@H](C)COS(C)(=O)=O)c1ccc(Cl)c(Cl)c1. The Kier molecular flexibility index (Phi) is 15.2. The topological polar surface area (TPSA) is 124 Å². The fraction of sp³-hybridized carbons (Fsp3) is 0.517. The molecule has 0 saturated carbocycles. The smallest absolute Gasteiger partial charge is 0.264 e. The van der Waals surface area contributed by atoms with Gasteiger partial charge in [0, 0.05) is 23.8 Å². The summed E-state index contributed by atoms with van der Waals surface area (Å²) >= 11 is 12.6. The molecule has 9 nitrogen and oxygen atoms in total. The van der Waals surface area contributed by atoms with E-state index in [-0.39, 0.29) is 53.6 Å². The van der Waals surface area contributed by atoms with Crippen LogP contribution in [0.2, 0.25) is 23.1 Å². The molecule has 0 bridgehead atoms. The van der Waals surface area contributed by atoms with E-state index < -0.39 is 35.6 Å². The number of carbonyl (C=O) groups excluding carboxylic acids is 1. The van der Waals surface area contributed by atoms with Crippen molar-refractivity contribution < 1.29 is 31.0 Å². The van der Waals surface area contributed by atoms with E-state index in [2.05, 4.69) is 38.3 Å². The molecule has 0 aliphatic rings. The Morgan fingerprint density at radius 2 is 1.77 bits per heavy atom. The van der Waals surface area contributed by atoms with E-state index in [0.29, 0.717) is 23.0 Å². The van der Waals surface area contributed by atoms with Crippen LogP contribution >= 0.6 is 23.2 Å². The van der Waals surface area contributed by atoms with E-state index in [4.69, 9.17) is 41.0 Å². The molecule has 238 valence electrons. The van der Waals surface area contributed by atoms with Crippen LogP contribution in [0.3, 0.4) is 0 Å². The minimum atomic E-state index is -3.60. The van der Waals surface area contributed by atoms with Crippen LogP contribution in [0.15, 0.2) is 36.4 Å². The predicted octanol–water partition coefficient (Wildman–Crippen LogP) is 4.80. The van der Waals surface area contributed by atoms with E-state index in [0.717, 1.165) is 18.2 Å². The highest BCUT2D eigenvalue weighted by atomic mass is 35.5. The van der Waals surface area contributed by atoms with Crippen molar-refractivity contribution in [1.82, 2.24) is 5.32 Å². The number of halogens is 2. The van der Waals surface area contributed by atoms with Crippen LogP contribution in [0.1, 0.15) is 61.0 Å². The number of nitrogens with zero attached hydrogens (tertiary/aromatic N) is 1. The molecule has 0 aliphatic carbocycles. The quantitative estimate of drug-likeness (QED) is 0.135. The van der Waals surface area contributed by atoms with Crippen LogP contribution in [0.25, 0.3) is 0 Å². The molecule has 0 aromatic heterocycles. The van der Waals surface area contributed by atoms with Crippen LogP contribution in [0.4, 0.5) is 0 Å². The molecule has 2 atom stereocenters. The average molecular weight is 690 g/mol. The average Bonchev–Trinajstić information content (AvgIpc) is 2.95. The molecule has 1 amide bonds. The summed E-state index contributed by atoms with van der Waals surface area (Å²) in [4.78, 5) is 13.5. The standard InChI is InChI=1S/C29H42Cl2N2O7SSi2/c1-19(18-38-41(4,35)36)17-37-26-21(15-32)8-7-9-23(26)27(34)33-16-22(20-10-11-24(30)25(31)14-20)12-13-29(2,3)28(39-42-5)40-43-6/h7-11,14,19,22,28H,12-13,16-18,42-43H2,1-6H3,(H,33,34)/t19-,22-/m1/s1. The Bertz CT molecular complexity index is 1370. The minimum Gasteiger partial charge on any atom is -0.491 e. The van der Waals surface area contributed by atoms with Crippen LogP contribution < -0.4 is 10.1 Å². The van der Waals surface area contributed by atoms with Gasteiger partial charge in [0.2, 0.25) is 0 Å². The largest absolute Gasteiger partial charge is 0.491 e. The highest BCUT2D eigenvalue weighted by Crippen LogP contribution is 2.35. The van der Waals surface area contributed by atoms with Crippen molar-refractivity contribution in [1.29, 1.82) is 5.26 Å². The molecule has 1 N–H and O–H groups in total. The molecule has 0 fully saturated rings. The third-order valence-electron chi connectivity index (χ3n) is 6.79. The van der Waals surface area contributed by atoms with Crippen molar-refractivity contribution in [3.63, 3.8) is 0 Å². The second-order valence-corrected chi connectivity index (χ2v) is 15.3. The summed E-state index contributed by atoms with van der Waals surface area (Å²) in [5.74, 6) is -0.698. The zero-order valence-electron chi connectivity index (χ0n) is 25.6. The summed E-state index contributed by atoms with van der Waals surface area (Å²) in [6.07, 6.45) is 2.19. The maximum atomic E-state index is 13.5. The van der Waals surface area contributed by atoms with Gasteiger partial charge in [-0.3, -0.25) is 8.98 Å². The van der Waals surface area contributed by atoms with Gasteiger partial charge in [-0.2, -0.15) is 13.7 Å². The number of rotatable bonds is 18. The summed E-state index contributed by atoms with van der Waals surface area (Å²) in [5, 5.41) is 13.6. The number of benzene rings is 2. The molecule has 0 spiro atoms. The van der Waals surface area contributed by atoms with E-state index >= 15 is 0 Å². The van der Waals surface area contributed by atoms with Crippen molar-refractivity contribution in [2.24, 2.45) is 11.3 Å². The Morgan fingerprint density at radius 1 is 1.09 bits per heavy atom. The third-order valence-corrected chi connectivity index (χ3v) is 9.37. The number of para-hydroxylation sites is 1. The second kappa shape index (κ2) is 17.5. The van der Waals surface area contributed by atoms with Gasteiger partial charge in [-0.15, -0.1) is 0 Å². The molecular weight excluding hydrogens is 647 g/mol. The number of nitriles is 1. The third kappa shape index (κ3) is 12.2. The first kappa shape index (κ1) is 37.2. The summed E-state index contributed by atoms with van der Waals surface area (Å²) in [6.45, 7) is 10.4.